The smallest absolute Gasteiger partial charge is 0.223 e. The van der Waals surface area contributed by atoms with Gasteiger partial charge in [-0.1, -0.05) is 35.5 Å². The summed E-state index contributed by atoms with van der Waals surface area (Å²) in [5.74, 6) is 1.35. The summed E-state index contributed by atoms with van der Waals surface area (Å²) in [6, 6.07) is 10.2. The first-order valence-corrected chi connectivity index (χ1v) is 8.10. The topological polar surface area (TPSA) is 65.6 Å². The van der Waals surface area contributed by atoms with E-state index in [9.17, 15) is 5.11 Å². The van der Waals surface area contributed by atoms with E-state index < -0.39 is 6.10 Å². The molecule has 6 heteroatoms. The number of aliphatic hydroxyl groups excluding tert-OH is 1. The second-order valence-electron chi connectivity index (χ2n) is 6.24. The Bertz CT molecular complexity index is 616. The van der Waals surface area contributed by atoms with Gasteiger partial charge in [0.1, 0.15) is 0 Å². The summed E-state index contributed by atoms with van der Waals surface area (Å²) in [5.41, 5.74) is 0.976. The van der Waals surface area contributed by atoms with Crippen molar-refractivity contribution in [2.24, 2.45) is 0 Å². The number of rotatable bonds is 5. The third-order valence-corrected chi connectivity index (χ3v) is 4.38. The van der Waals surface area contributed by atoms with Crippen molar-refractivity contribution in [3.8, 4) is 0 Å². The summed E-state index contributed by atoms with van der Waals surface area (Å²) >= 11 is 0. The quantitative estimate of drug-likeness (QED) is 0.904. The minimum Gasteiger partial charge on any atom is -0.387 e. The van der Waals surface area contributed by atoms with Crippen LogP contribution in [-0.4, -0.2) is 57.3 Å². The molecule has 6 nitrogen and oxygen atoms in total. The Balaban J connectivity index is 1.52. The van der Waals surface area contributed by atoms with Gasteiger partial charge in [0.15, 0.2) is 5.82 Å². The van der Waals surface area contributed by atoms with Crippen LogP contribution in [0.25, 0.3) is 0 Å². The molecular formula is C17H24N4O2. The Kier molecular flexibility index (Phi) is 5.05. The Morgan fingerprint density at radius 3 is 2.74 bits per heavy atom. The van der Waals surface area contributed by atoms with E-state index in [4.69, 9.17) is 4.52 Å². The molecule has 2 atom stereocenters. The number of piperazine rings is 1. The predicted molar refractivity (Wildman–Crippen MR) is 86.7 cm³/mol. The van der Waals surface area contributed by atoms with E-state index >= 15 is 0 Å². The Morgan fingerprint density at radius 1 is 1.30 bits per heavy atom. The lowest BCUT2D eigenvalue weighted by Crippen LogP contribution is -2.52. The van der Waals surface area contributed by atoms with Crippen molar-refractivity contribution >= 4 is 0 Å². The van der Waals surface area contributed by atoms with Gasteiger partial charge in [-0.15, -0.1) is 0 Å². The largest absolute Gasteiger partial charge is 0.387 e. The van der Waals surface area contributed by atoms with Crippen LogP contribution >= 0.6 is 0 Å². The van der Waals surface area contributed by atoms with Crippen molar-refractivity contribution in [3.05, 3.63) is 47.6 Å². The second kappa shape index (κ2) is 7.21. The molecule has 0 aliphatic carbocycles. The number of aromatic nitrogens is 2. The van der Waals surface area contributed by atoms with Crippen LogP contribution in [0.4, 0.5) is 0 Å². The standard InChI is InChI=1S/C17H24N4O2/c1-13-10-20(12-17-18-14(2)23-19-17)8-9-21(13)11-16(22)15-6-4-3-5-7-15/h3-7,13,16,22H,8-12H2,1-2H3/t13-,16-/m1/s1. The summed E-state index contributed by atoms with van der Waals surface area (Å²) in [6.07, 6.45) is -0.440. The lowest BCUT2D eigenvalue weighted by atomic mass is 10.1. The van der Waals surface area contributed by atoms with Gasteiger partial charge in [0.25, 0.3) is 0 Å². The fraction of sp³-hybridized carbons (Fsp3) is 0.529. The van der Waals surface area contributed by atoms with Gasteiger partial charge in [-0.2, -0.15) is 4.98 Å². The highest BCUT2D eigenvalue weighted by Gasteiger charge is 2.26. The van der Waals surface area contributed by atoms with Crippen LogP contribution in [0.15, 0.2) is 34.9 Å². The maximum absolute atomic E-state index is 10.4. The van der Waals surface area contributed by atoms with E-state index in [2.05, 4.69) is 26.9 Å². The molecule has 2 heterocycles. The number of aryl methyl sites for hydroxylation is 1. The van der Waals surface area contributed by atoms with E-state index in [-0.39, 0.29) is 0 Å². The van der Waals surface area contributed by atoms with Gasteiger partial charge >= 0.3 is 0 Å². The van der Waals surface area contributed by atoms with E-state index in [1.165, 1.54) is 0 Å². The average Bonchev–Trinajstić information content (AvgIpc) is 2.96. The molecule has 23 heavy (non-hydrogen) atoms. The van der Waals surface area contributed by atoms with Gasteiger partial charge < -0.3 is 9.63 Å². The summed E-state index contributed by atoms with van der Waals surface area (Å²) in [4.78, 5) is 8.94. The Labute approximate surface area is 136 Å². The van der Waals surface area contributed by atoms with Crippen LogP contribution in [0.5, 0.6) is 0 Å². The monoisotopic (exact) mass is 316 g/mol. The minimum atomic E-state index is -0.440. The minimum absolute atomic E-state index is 0.384. The molecule has 3 rings (SSSR count). The second-order valence-corrected chi connectivity index (χ2v) is 6.24. The van der Waals surface area contributed by atoms with Crippen molar-refractivity contribution in [1.29, 1.82) is 0 Å². The Morgan fingerprint density at radius 2 is 2.09 bits per heavy atom. The highest BCUT2D eigenvalue weighted by Crippen LogP contribution is 2.18. The first-order valence-electron chi connectivity index (χ1n) is 8.10. The molecule has 0 amide bonds. The maximum Gasteiger partial charge on any atom is 0.223 e. The lowest BCUT2D eigenvalue weighted by molar-refractivity contribution is 0.0351. The molecule has 1 aliphatic rings. The molecule has 2 aromatic rings. The molecule has 0 bridgehead atoms. The highest BCUT2D eigenvalue weighted by molar-refractivity contribution is 5.17. The molecule has 0 spiro atoms. The van der Waals surface area contributed by atoms with Crippen molar-refractivity contribution < 1.29 is 9.63 Å². The summed E-state index contributed by atoms with van der Waals surface area (Å²) in [7, 11) is 0. The zero-order valence-corrected chi connectivity index (χ0v) is 13.7. The molecule has 124 valence electrons. The van der Waals surface area contributed by atoms with Crippen molar-refractivity contribution in [3.63, 3.8) is 0 Å². The van der Waals surface area contributed by atoms with Crippen LogP contribution in [0.1, 0.15) is 30.3 Å². The number of benzene rings is 1. The van der Waals surface area contributed by atoms with Crippen LogP contribution < -0.4 is 0 Å². The van der Waals surface area contributed by atoms with Crippen molar-refractivity contribution in [2.75, 3.05) is 26.2 Å². The van der Waals surface area contributed by atoms with Crippen LogP contribution in [0, 0.1) is 6.92 Å². The summed E-state index contributed by atoms with van der Waals surface area (Å²) < 4.78 is 5.02. The fourth-order valence-corrected chi connectivity index (χ4v) is 3.09. The van der Waals surface area contributed by atoms with Crippen LogP contribution in [0.3, 0.4) is 0 Å². The molecule has 1 N–H and O–H groups in total. The van der Waals surface area contributed by atoms with E-state index in [0.717, 1.165) is 37.6 Å². The van der Waals surface area contributed by atoms with Crippen LogP contribution in [-0.2, 0) is 6.54 Å². The van der Waals surface area contributed by atoms with E-state index in [1.54, 1.807) is 0 Å². The molecular weight excluding hydrogens is 292 g/mol. The number of hydrogen-bond donors (Lipinski definition) is 1. The predicted octanol–water partition coefficient (Wildman–Crippen LogP) is 1.62. The maximum atomic E-state index is 10.4. The summed E-state index contributed by atoms with van der Waals surface area (Å²) in [5, 5.41) is 14.4. The molecule has 1 aromatic carbocycles. The van der Waals surface area contributed by atoms with Crippen molar-refractivity contribution in [1.82, 2.24) is 19.9 Å². The van der Waals surface area contributed by atoms with E-state index in [0.29, 0.717) is 18.5 Å². The molecule has 0 saturated carbocycles. The number of β-amino-alcohol motifs (C(OH)–C–C–N with tert-alkyl or cyclic N) is 1. The average molecular weight is 316 g/mol. The number of nitrogens with zero attached hydrogens (tertiary/aromatic N) is 4. The zero-order valence-electron chi connectivity index (χ0n) is 13.7. The normalized spacial score (nSPS) is 21.4. The molecule has 1 fully saturated rings. The zero-order chi connectivity index (χ0) is 16.2. The SMILES string of the molecule is Cc1nc(CN2CCN(C[C@@H](O)c3ccccc3)[C@H](C)C2)no1. The van der Waals surface area contributed by atoms with Crippen molar-refractivity contribution in [2.45, 2.75) is 32.5 Å². The Hall–Kier alpha value is -1.76. The fourth-order valence-electron chi connectivity index (χ4n) is 3.09. The summed E-state index contributed by atoms with van der Waals surface area (Å²) in [6.45, 7) is 8.21. The lowest BCUT2D eigenvalue weighted by Gasteiger charge is -2.40. The number of aliphatic hydroxyl groups is 1. The van der Waals surface area contributed by atoms with Gasteiger partial charge in [0.05, 0.1) is 12.6 Å². The van der Waals surface area contributed by atoms with Gasteiger partial charge in [0, 0.05) is 39.1 Å². The first-order chi connectivity index (χ1) is 11.1. The van der Waals surface area contributed by atoms with Gasteiger partial charge in [-0.3, -0.25) is 9.80 Å². The molecule has 0 unspecified atom stereocenters. The van der Waals surface area contributed by atoms with E-state index in [1.807, 2.05) is 37.3 Å². The highest BCUT2D eigenvalue weighted by atomic mass is 16.5. The molecule has 1 aromatic heterocycles. The third kappa shape index (κ3) is 4.16. The van der Waals surface area contributed by atoms with Crippen LogP contribution in [0.2, 0.25) is 0 Å². The molecule has 1 saturated heterocycles. The molecule has 1 aliphatic heterocycles. The first kappa shape index (κ1) is 16.1. The van der Waals surface area contributed by atoms with Gasteiger partial charge in [-0.05, 0) is 12.5 Å². The third-order valence-electron chi connectivity index (χ3n) is 4.38. The molecule has 0 radical (unpaired) electrons. The van der Waals surface area contributed by atoms with Gasteiger partial charge in [-0.25, -0.2) is 0 Å². The van der Waals surface area contributed by atoms with Gasteiger partial charge in [0.2, 0.25) is 5.89 Å². The number of hydrogen-bond acceptors (Lipinski definition) is 6.